The Morgan fingerprint density at radius 2 is 1.97 bits per heavy atom. The molecule has 1 amide bonds. The van der Waals surface area contributed by atoms with Gasteiger partial charge in [0.25, 0.3) is 0 Å². The summed E-state index contributed by atoms with van der Waals surface area (Å²) in [5, 5.41) is 14.7. The molecule has 30 heavy (non-hydrogen) atoms. The van der Waals surface area contributed by atoms with Crippen LogP contribution in [-0.2, 0) is 4.79 Å². The van der Waals surface area contributed by atoms with Crippen LogP contribution in [0.15, 0.2) is 46.8 Å². The molecule has 0 bridgehead atoms. The minimum Gasteiger partial charge on any atom is -0.495 e. The number of methoxy groups -OCH3 is 1. The Bertz CT molecular complexity index is 1040. The fourth-order valence-electron chi connectivity index (χ4n) is 2.74. The number of para-hydroxylation sites is 2. The van der Waals surface area contributed by atoms with Crippen LogP contribution in [0.5, 0.6) is 17.2 Å². The third-order valence-electron chi connectivity index (χ3n) is 4.21. The van der Waals surface area contributed by atoms with Crippen LogP contribution in [0.1, 0.15) is 6.92 Å². The van der Waals surface area contributed by atoms with Gasteiger partial charge in [0.2, 0.25) is 11.0 Å². The first-order valence-corrected chi connectivity index (χ1v) is 10.9. The number of carbonyl (C=O) groups excluding carboxylic acids is 1. The van der Waals surface area contributed by atoms with E-state index in [1.54, 1.807) is 25.3 Å². The number of rotatable bonds is 7. The topological polar surface area (TPSA) is 94.6 Å². The van der Waals surface area contributed by atoms with Crippen LogP contribution < -0.4 is 24.8 Å². The number of benzene rings is 2. The normalized spacial score (nSPS) is 13.4. The number of ether oxygens (including phenoxy) is 3. The van der Waals surface area contributed by atoms with Crippen LogP contribution in [0.3, 0.4) is 0 Å². The van der Waals surface area contributed by atoms with Crippen LogP contribution in [0.4, 0.5) is 16.5 Å². The molecule has 0 aliphatic carbocycles. The Labute approximate surface area is 182 Å². The molecule has 0 spiro atoms. The molecule has 0 saturated carbocycles. The van der Waals surface area contributed by atoms with Gasteiger partial charge in [-0.25, -0.2) is 0 Å². The van der Waals surface area contributed by atoms with Gasteiger partial charge >= 0.3 is 0 Å². The van der Waals surface area contributed by atoms with E-state index in [-0.39, 0.29) is 11.2 Å². The minimum atomic E-state index is -0.356. The quantitative estimate of drug-likeness (QED) is 0.524. The highest BCUT2D eigenvalue weighted by Crippen LogP contribution is 2.35. The zero-order chi connectivity index (χ0) is 20.9. The molecule has 2 N–H and O–H groups in total. The number of nitrogens with zero attached hydrogens (tertiary/aromatic N) is 2. The molecule has 0 fully saturated rings. The van der Waals surface area contributed by atoms with Crippen molar-refractivity contribution in [2.45, 2.75) is 16.5 Å². The molecule has 10 heteroatoms. The van der Waals surface area contributed by atoms with E-state index in [9.17, 15) is 4.79 Å². The molecule has 0 unspecified atom stereocenters. The van der Waals surface area contributed by atoms with Gasteiger partial charge in [-0.3, -0.25) is 4.79 Å². The maximum absolute atomic E-state index is 12.6. The van der Waals surface area contributed by atoms with E-state index in [0.717, 1.165) is 5.69 Å². The Morgan fingerprint density at radius 1 is 1.17 bits per heavy atom. The predicted molar refractivity (Wildman–Crippen MR) is 118 cm³/mol. The van der Waals surface area contributed by atoms with Crippen molar-refractivity contribution in [3.8, 4) is 17.2 Å². The second kappa shape index (κ2) is 9.23. The van der Waals surface area contributed by atoms with Gasteiger partial charge in [-0.05, 0) is 31.2 Å². The first-order chi connectivity index (χ1) is 14.6. The van der Waals surface area contributed by atoms with Gasteiger partial charge in [0, 0.05) is 11.8 Å². The summed E-state index contributed by atoms with van der Waals surface area (Å²) < 4.78 is 17.1. The van der Waals surface area contributed by atoms with Crippen LogP contribution in [0.2, 0.25) is 0 Å². The lowest BCUT2D eigenvalue weighted by molar-refractivity contribution is -0.115. The van der Waals surface area contributed by atoms with Crippen LogP contribution in [0, 0.1) is 0 Å². The second-order valence-corrected chi connectivity index (χ2v) is 8.87. The van der Waals surface area contributed by atoms with Crippen molar-refractivity contribution >= 4 is 45.5 Å². The Kier molecular flexibility index (Phi) is 6.24. The monoisotopic (exact) mass is 444 g/mol. The standard InChI is InChI=1S/C20H20N4O4S2/c1-12(18(25)21-13-7-8-16-17(11-13)28-10-9-27-16)29-20-24-23-19(30-20)22-14-5-3-4-6-15(14)26-2/h3-8,11-12H,9-10H2,1-2H3,(H,21,25)(H,22,23)/t12-/m0/s1. The lowest BCUT2D eigenvalue weighted by Crippen LogP contribution is -2.22. The summed E-state index contributed by atoms with van der Waals surface area (Å²) >= 11 is 2.72. The molecule has 156 valence electrons. The van der Waals surface area contributed by atoms with Gasteiger partial charge < -0.3 is 24.8 Å². The highest BCUT2D eigenvalue weighted by molar-refractivity contribution is 8.02. The summed E-state index contributed by atoms with van der Waals surface area (Å²) in [5.41, 5.74) is 1.46. The number of thioether (sulfide) groups is 1. The fourth-order valence-corrected chi connectivity index (χ4v) is 4.65. The third kappa shape index (κ3) is 4.77. The minimum absolute atomic E-state index is 0.133. The first-order valence-electron chi connectivity index (χ1n) is 9.23. The molecule has 0 saturated heterocycles. The third-order valence-corrected chi connectivity index (χ3v) is 6.23. The van der Waals surface area contributed by atoms with Crippen molar-refractivity contribution < 1.29 is 19.0 Å². The van der Waals surface area contributed by atoms with E-state index >= 15 is 0 Å². The van der Waals surface area contributed by atoms with Crippen molar-refractivity contribution in [3.63, 3.8) is 0 Å². The number of nitrogens with one attached hydrogen (secondary N) is 2. The van der Waals surface area contributed by atoms with E-state index in [4.69, 9.17) is 14.2 Å². The summed E-state index contributed by atoms with van der Waals surface area (Å²) in [6, 6.07) is 12.9. The lowest BCUT2D eigenvalue weighted by atomic mass is 10.2. The Balaban J connectivity index is 1.36. The Morgan fingerprint density at radius 3 is 2.80 bits per heavy atom. The zero-order valence-electron chi connectivity index (χ0n) is 16.4. The number of amides is 1. The Hall–Kier alpha value is -2.98. The molecular weight excluding hydrogens is 424 g/mol. The van der Waals surface area contributed by atoms with Gasteiger partial charge in [-0.15, -0.1) is 10.2 Å². The van der Waals surface area contributed by atoms with Gasteiger partial charge in [0.15, 0.2) is 15.8 Å². The maximum atomic E-state index is 12.6. The summed E-state index contributed by atoms with van der Waals surface area (Å²) in [6.07, 6.45) is 0. The van der Waals surface area contributed by atoms with Crippen molar-refractivity contribution in [2.24, 2.45) is 0 Å². The van der Waals surface area contributed by atoms with E-state index in [1.807, 2.05) is 31.2 Å². The molecule has 1 aliphatic heterocycles. The van der Waals surface area contributed by atoms with Gasteiger partial charge in [-0.2, -0.15) is 0 Å². The number of hydrogen-bond donors (Lipinski definition) is 2. The lowest BCUT2D eigenvalue weighted by Gasteiger charge is -2.19. The highest BCUT2D eigenvalue weighted by atomic mass is 32.2. The van der Waals surface area contributed by atoms with E-state index in [0.29, 0.717) is 45.6 Å². The molecule has 8 nitrogen and oxygen atoms in total. The average Bonchev–Trinajstić information content (AvgIpc) is 3.20. The van der Waals surface area contributed by atoms with Gasteiger partial charge in [0.05, 0.1) is 18.0 Å². The van der Waals surface area contributed by atoms with Crippen molar-refractivity contribution in [1.29, 1.82) is 0 Å². The fraction of sp³-hybridized carbons (Fsp3) is 0.250. The molecule has 1 atom stereocenters. The van der Waals surface area contributed by atoms with Crippen LogP contribution >= 0.6 is 23.1 Å². The van der Waals surface area contributed by atoms with Gasteiger partial charge in [-0.1, -0.05) is 35.2 Å². The zero-order valence-corrected chi connectivity index (χ0v) is 18.0. The molecule has 0 radical (unpaired) electrons. The first kappa shape index (κ1) is 20.3. The molecule has 2 heterocycles. The second-order valence-electron chi connectivity index (χ2n) is 6.31. The van der Waals surface area contributed by atoms with Gasteiger partial charge in [0.1, 0.15) is 19.0 Å². The summed E-state index contributed by atoms with van der Waals surface area (Å²) in [6.45, 7) is 2.85. The van der Waals surface area contributed by atoms with Crippen LogP contribution in [-0.4, -0.2) is 41.7 Å². The number of carbonyl (C=O) groups is 1. The molecule has 3 aromatic rings. The van der Waals surface area contributed by atoms with E-state index < -0.39 is 0 Å². The maximum Gasteiger partial charge on any atom is 0.237 e. The number of aromatic nitrogens is 2. The smallest absolute Gasteiger partial charge is 0.237 e. The van der Waals surface area contributed by atoms with E-state index in [1.165, 1.54) is 23.1 Å². The molecular formula is C20H20N4O4S2. The van der Waals surface area contributed by atoms with Crippen molar-refractivity contribution in [2.75, 3.05) is 31.0 Å². The largest absolute Gasteiger partial charge is 0.495 e. The van der Waals surface area contributed by atoms with Crippen molar-refractivity contribution in [1.82, 2.24) is 10.2 Å². The van der Waals surface area contributed by atoms with Crippen LogP contribution in [0.25, 0.3) is 0 Å². The summed E-state index contributed by atoms with van der Waals surface area (Å²) in [7, 11) is 1.61. The SMILES string of the molecule is COc1ccccc1Nc1nnc(S[C@@H](C)C(=O)Nc2ccc3c(c2)OCCO3)s1. The van der Waals surface area contributed by atoms with Crippen molar-refractivity contribution in [3.05, 3.63) is 42.5 Å². The highest BCUT2D eigenvalue weighted by Gasteiger charge is 2.19. The molecule has 1 aliphatic rings. The number of hydrogen-bond acceptors (Lipinski definition) is 9. The number of anilines is 3. The molecule has 2 aromatic carbocycles. The molecule has 1 aromatic heterocycles. The summed E-state index contributed by atoms with van der Waals surface area (Å²) in [4.78, 5) is 12.6. The number of fused-ring (bicyclic) bond motifs is 1. The molecule has 4 rings (SSSR count). The summed E-state index contributed by atoms with van der Waals surface area (Å²) in [5.74, 6) is 1.90. The van der Waals surface area contributed by atoms with E-state index in [2.05, 4.69) is 20.8 Å². The average molecular weight is 445 g/mol. The predicted octanol–water partition coefficient (Wildman–Crippen LogP) is 4.18.